The maximum absolute atomic E-state index is 9.46. The molecule has 86 valence electrons. The predicted molar refractivity (Wildman–Crippen MR) is 68.1 cm³/mol. The van der Waals surface area contributed by atoms with Crippen molar-refractivity contribution in [3.63, 3.8) is 0 Å². The Kier molecular flexibility index (Phi) is 3.45. The van der Waals surface area contributed by atoms with Crippen molar-refractivity contribution in [2.75, 3.05) is 0 Å². The minimum Gasteiger partial charge on any atom is -0.389 e. The minimum atomic E-state index is -0.369. The van der Waals surface area contributed by atoms with Gasteiger partial charge in [0.05, 0.1) is 6.10 Å². The molecule has 1 N–H and O–H groups in total. The lowest BCUT2D eigenvalue weighted by Gasteiger charge is -2.21. The molecule has 0 heterocycles. The smallest absolute Gasteiger partial charge is 0.0761 e. The summed E-state index contributed by atoms with van der Waals surface area (Å²) in [5, 5.41) is 9.46. The van der Waals surface area contributed by atoms with Crippen LogP contribution in [-0.4, -0.2) is 5.11 Å². The highest BCUT2D eigenvalue weighted by atomic mass is 16.3. The van der Waals surface area contributed by atoms with Gasteiger partial charge in [-0.3, -0.25) is 0 Å². The lowest BCUT2D eigenvalue weighted by molar-refractivity contribution is 0.199. The van der Waals surface area contributed by atoms with Gasteiger partial charge < -0.3 is 5.11 Å². The highest BCUT2D eigenvalue weighted by Crippen LogP contribution is 2.32. The first-order chi connectivity index (χ1) is 7.68. The van der Waals surface area contributed by atoms with Crippen molar-refractivity contribution in [1.82, 2.24) is 0 Å². The Morgan fingerprint density at radius 1 is 1.25 bits per heavy atom. The Morgan fingerprint density at radius 2 is 1.94 bits per heavy atom. The fourth-order valence-electron chi connectivity index (χ4n) is 2.39. The molecule has 0 saturated carbocycles. The first kappa shape index (κ1) is 11.4. The van der Waals surface area contributed by atoms with Crippen LogP contribution >= 0.6 is 0 Å². The lowest BCUT2D eigenvalue weighted by atomic mass is 9.85. The zero-order valence-electron chi connectivity index (χ0n) is 10.1. The molecule has 0 bridgehead atoms. The molecule has 1 aromatic carbocycles. The molecule has 0 fully saturated rings. The highest BCUT2D eigenvalue weighted by Gasteiger charge is 2.14. The number of benzene rings is 1. The Hall–Kier alpha value is -1.08. The standard InChI is InChI=1S/C15H20O/c1-11-5-3-4-6-15(11)14-9-7-13(8-10-14)12(2)16/h6-12,16H,3-5H2,1-2H3. The van der Waals surface area contributed by atoms with Crippen LogP contribution in [0, 0.1) is 5.92 Å². The van der Waals surface area contributed by atoms with Gasteiger partial charge in [0.2, 0.25) is 0 Å². The van der Waals surface area contributed by atoms with Gasteiger partial charge in [0.15, 0.2) is 0 Å². The van der Waals surface area contributed by atoms with Gasteiger partial charge in [0.1, 0.15) is 0 Å². The molecule has 1 aliphatic carbocycles. The summed E-state index contributed by atoms with van der Waals surface area (Å²) < 4.78 is 0. The molecular formula is C15H20O. The van der Waals surface area contributed by atoms with Crippen molar-refractivity contribution in [1.29, 1.82) is 0 Å². The average molecular weight is 216 g/mol. The second-order valence-corrected chi connectivity index (χ2v) is 4.79. The van der Waals surface area contributed by atoms with Crippen LogP contribution in [0.15, 0.2) is 30.3 Å². The zero-order valence-corrected chi connectivity index (χ0v) is 10.1. The van der Waals surface area contributed by atoms with E-state index in [-0.39, 0.29) is 6.10 Å². The van der Waals surface area contributed by atoms with Crippen molar-refractivity contribution < 1.29 is 5.11 Å². The van der Waals surface area contributed by atoms with Gasteiger partial charge in [-0.05, 0) is 48.8 Å². The first-order valence-corrected chi connectivity index (χ1v) is 6.17. The molecule has 0 aromatic heterocycles. The van der Waals surface area contributed by atoms with Crippen LogP contribution in [0.3, 0.4) is 0 Å². The number of allylic oxidation sites excluding steroid dienone is 2. The van der Waals surface area contributed by atoms with Crippen LogP contribution in [0.4, 0.5) is 0 Å². The van der Waals surface area contributed by atoms with E-state index >= 15 is 0 Å². The van der Waals surface area contributed by atoms with Crippen LogP contribution in [0.2, 0.25) is 0 Å². The Bertz CT molecular complexity index is 373. The minimum absolute atomic E-state index is 0.369. The second-order valence-electron chi connectivity index (χ2n) is 4.79. The van der Waals surface area contributed by atoms with Crippen LogP contribution in [0.5, 0.6) is 0 Å². The summed E-state index contributed by atoms with van der Waals surface area (Å²) in [6, 6.07) is 8.33. The van der Waals surface area contributed by atoms with Gasteiger partial charge in [0, 0.05) is 0 Å². The molecule has 1 aliphatic rings. The van der Waals surface area contributed by atoms with Crippen LogP contribution < -0.4 is 0 Å². The molecular weight excluding hydrogens is 196 g/mol. The molecule has 1 aromatic rings. The molecule has 1 heteroatoms. The third-order valence-corrected chi connectivity index (χ3v) is 3.46. The fraction of sp³-hybridized carbons (Fsp3) is 0.467. The van der Waals surface area contributed by atoms with Crippen molar-refractivity contribution in [3.05, 3.63) is 41.5 Å². The number of aliphatic hydroxyl groups excluding tert-OH is 1. The molecule has 1 nitrogen and oxygen atoms in total. The van der Waals surface area contributed by atoms with E-state index in [1.807, 2.05) is 12.1 Å². The SMILES string of the molecule is CC1CCCC=C1c1ccc(C(C)O)cc1. The van der Waals surface area contributed by atoms with E-state index in [1.165, 1.54) is 30.4 Å². The zero-order chi connectivity index (χ0) is 11.5. The van der Waals surface area contributed by atoms with E-state index in [2.05, 4.69) is 25.1 Å². The van der Waals surface area contributed by atoms with Gasteiger partial charge in [-0.25, -0.2) is 0 Å². The maximum Gasteiger partial charge on any atom is 0.0761 e. The van der Waals surface area contributed by atoms with Crippen molar-refractivity contribution in [2.24, 2.45) is 5.92 Å². The topological polar surface area (TPSA) is 20.2 Å². The number of hydrogen-bond acceptors (Lipinski definition) is 1. The van der Waals surface area contributed by atoms with Gasteiger partial charge in [-0.15, -0.1) is 0 Å². The summed E-state index contributed by atoms with van der Waals surface area (Å²) in [7, 11) is 0. The average Bonchev–Trinajstić information content (AvgIpc) is 2.30. The predicted octanol–water partition coefficient (Wildman–Crippen LogP) is 3.94. The quantitative estimate of drug-likeness (QED) is 0.793. The van der Waals surface area contributed by atoms with Gasteiger partial charge in [0.25, 0.3) is 0 Å². The summed E-state index contributed by atoms with van der Waals surface area (Å²) in [4.78, 5) is 0. The Labute approximate surface area is 97.8 Å². The van der Waals surface area contributed by atoms with E-state index in [0.717, 1.165) is 5.56 Å². The molecule has 0 aliphatic heterocycles. The van der Waals surface area contributed by atoms with Crippen LogP contribution in [-0.2, 0) is 0 Å². The molecule has 0 radical (unpaired) electrons. The second kappa shape index (κ2) is 4.84. The van der Waals surface area contributed by atoms with Crippen molar-refractivity contribution >= 4 is 5.57 Å². The monoisotopic (exact) mass is 216 g/mol. The molecule has 0 spiro atoms. The Balaban J connectivity index is 2.24. The van der Waals surface area contributed by atoms with Crippen LogP contribution in [0.1, 0.15) is 50.3 Å². The largest absolute Gasteiger partial charge is 0.389 e. The lowest BCUT2D eigenvalue weighted by Crippen LogP contribution is -2.03. The number of aliphatic hydroxyl groups is 1. The summed E-state index contributed by atoms with van der Waals surface area (Å²) in [6.07, 6.45) is 5.82. The first-order valence-electron chi connectivity index (χ1n) is 6.17. The number of hydrogen-bond donors (Lipinski definition) is 1. The fourth-order valence-corrected chi connectivity index (χ4v) is 2.39. The molecule has 16 heavy (non-hydrogen) atoms. The highest BCUT2D eigenvalue weighted by molar-refractivity contribution is 5.68. The molecule has 0 saturated heterocycles. The van der Waals surface area contributed by atoms with E-state index in [9.17, 15) is 5.11 Å². The van der Waals surface area contributed by atoms with Crippen molar-refractivity contribution in [3.8, 4) is 0 Å². The third kappa shape index (κ3) is 2.35. The maximum atomic E-state index is 9.46. The molecule has 2 rings (SSSR count). The summed E-state index contributed by atoms with van der Waals surface area (Å²) in [5.41, 5.74) is 3.79. The van der Waals surface area contributed by atoms with E-state index in [0.29, 0.717) is 5.92 Å². The summed E-state index contributed by atoms with van der Waals surface area (Å²) >= 11 is 0. The molecule has 2 unspecified atom stereocenters. The van der Waals surface area contributed by atoms with Gasteiger partial charge in [-0.1, -0.05) is 37.3 Å². The van der Waals surface area contributed by atoms with Crippen LogP contribution in [0.25, 0.3) is 5.57 Å². The molecule has 0 amide bonds. The third-order valence-electron chi connectivity index (χ3n) is 3.46. The van der Waals surface area contributed by atoms with E-state index in [4.69, 9.17) is 0 Å². The van der Waals surface area contributed by atoms with Gasteiger partial charge in [-0.2, -0.15) is 0 Å². The normalized spacial score (nSPS) is 22.7. The van der Waals surface area contributed by atoms with Gasteiger partial charge >= 0.3 is 0 Å². The summed E-state index contributed by atoms with van der Waals surface area (Å²) in [6.45, 7) is 4.10. The number of rotatable bonds is 2. The van der Waals surface area contributed by atoms with E-state index in [1.54, 1.807) is 6.92 Å². The van der Waals surface area contributed by atoms with Crippen molar-refractivity contribution in [2.45, 2.75) is 39.2 Å². The van der Waals surface area contributed by atoms with E-state index < -0.39 is 0 Å². The molecule has 2 atom stereocenters. The Morgan fingerprint density at radius 3 is 2.50 bits per heavy atom. The summed E-state index contributed by atoms with van der Waals surface area (Å²) in [5.74, 6) is 0.672.